The predicted octanol–water partition coefficient (Wildman–Crippen LogP) is 4.49. The van der Waals surface area contributed by atoms with E-state index in [9.17, 15) is 18.0 Å². The van der Waals surface area contributed by atoms with Crippen molar-refractivity contribution in [3.63, 3.8) is 0 Å². The van der Waals surface area contributed by atoms with Gasteiger partial charge in [0.1, 0.15) is 16.5 Å². The quantitative estimate of drug-likeness (QED) is 0.578. The largest absolute Gasteiger partial charge is 0.417 e. The van der Waals surface area contributed by atoms with Crippen LogP contribution in [0.3, 0.4) is 0 Å². The lowest BCUT2D eigenvalue weighted by Crippen LogP contribution is -2.06. The van der Waals surface area contributed by atoms with E-state index in [4.69, 9.17) is 17.3 Å². The van der Waals surface area contributed by atoms with Gasteiger partial charge in [0.05, 0.1) is 5.02 Å². The van der Waals surface area contributed by atoms with Crippen LogP contribution in [0.5, 0.6) is 5.88 Å². The molecule has 0 saturated carbocycles. The van der Waals surface area contributed by atoms with E-state index >= 15 is 0 Å². The molecule has 2 aromatic heterocycles. The predicted molar refractivity (Wildman–Crippen MR) is 95.5 cm³/mol. The summed E-state index contributed by atoms with van der Waals surface area (Å²) >= 11 is 6.58. The highest BCUT2D eigenvalue weighted by Crippen LogP contribution is 2.30. The smallest absolute Gasteiger partial charge is 0.388 e. The lowest BCUT2D eigenvalue weighted by atomic mass is 10.1. The molecule has 0 fully saturated rings. The van der Waals surface area contributed by atoms with Gasteiger partial charge in [-0.1, -0.05) is 22.9 Å². The van der Waals surface area contributed by atoms with E-state index in [-0.39, 0.29) is 32.3 Å². The summed E-state index contributed by atoms with van der Waals surface area (Å²) in [5, 5.41) is 3.07. The molecular formula is C16H10ClF3N4O2S. The van der Waals surface area contributed by atoms with Crippen molar-refractivity contribution in [3.8, 4) is 5.88 Å². The van der Waals surface area contributed by atoms with Crippen molar-refractivity contribution in [1.82, 2.24) is 9.97 Å². The number of alkyl halides is 2. The third-order valence-electron chi connectivity index (χ3n) is 3.24. The third-order valence-corrected chi connectivity index (χ3v) is 4.53. The van der Waals surface area contributed by atoms with Crippen molar-refractivity contribution in [2.45, 2.75) is 6.61 Å². The number of nitrogens with one attached hydrogen (secondary N) is 1. The van der Waals surface area contributed by atoms with Gasteiger partial charge in [0.15, 0.2) is 5.13 Å². The molecular weight excluding hydrogens is 405 g/mol. The van der Waals surface area contributed by atoms with E-state index in [0.717, 1.165) is 23.6 Å². The normalized spacial score (nSPS) is 10.9. The molecule has 6 nitrogen and oxygen atoms in total. The molecule has 0 unspecified atom stereocenters. The van der Waals surface area contributed by atoms with Crippen LogP contribution in [0, 0.1) is 5.82 Å². The van der Waals surface area contributed by atoms with Gasteiger partial charge in [0, 0.05) is 23.5 Å². The van der Waals surface area contributed by atoms with E-state index < -0.39 is 18.2 Å². The second-order valence-electron chi connectivity index (χ2n) is 5.08. The number of anilines is 3. The topological polar surface area (TPSA) is 90.1 Å². The van der Waals surface area contributed by atoms with Crippen LogP contribution in [-0.2, 0) is 0 Å². The molecule has 0 aliphatic carbocycles. The Hall–Kier alpha value is -2.85. The second kappa shape index (κ2) is 7.80. The second-order valence-corrected chi connectivity index (χ2v) is 6.49. The summed E-state index contributed by atoms with van der Waals surface area (Å²) in [6, 6.07) is 6.51. The van der Waals surface area contributed by atoms with Gasteiger partial charge in [-0.15, -0.1) is 0 Å². The average Bonchev–Trinajstić information content (AvgIpc) is 2.98. The average molecular weight is 415 g/mol. The molecule has 3 N–H and O–H groups in total. The molecule has 0 aliphatic rings. The van der Waals surface area contributed by atoms with Crippen LogP contribution in [0.1, 0.15) is 15.2 Å². The molecule has 3 rings (SSSR count). The molecule has 1 aromatic carbocycles. The summed E-state index contributed by atoms with van der Waals surface area (Å²) in [7, 11) is 0. The van der Waals surface area contributed by atoms with E-state index in [1.54, 1.807) is 0 Å². The van der Waals surface area contributed by atoms with Crippen molar-refractivity contribution >= 4 is 45.4 Å². The number of nitrogen functional groups attached to an aromatic ring is 1. The number of rotatable bonds is 6. The molecule has 0 saturated heterocycles. The Kier molecular flexibility index (Phi) is 5.47. The minimum absolute atomic E-state index is 0.0261. The number of aromatic nitrogens is 2. The summed E-state index contributed by atoms with van der Waals surface area (Å²) in [5.74, 6) is -1.45. The van der Waals surface area contributed by atoms with Crippen molar-refractivity contribution in [1.29, 1.82) is 0 Å². The first-order chi connectivity index (χ1) is 12.8. The molecule has 3 aromatic rings. The van der Waals surface area contributed by atoms with Crippen LogP contribution in [0.25, 0.3) is 0 Å². The van der Waals surface area contributed by atoms with E-state index in [1.807, 2.05) is 0 Å². The van der Waals surface area contributed by atoms with Crippen LogP contribution in [0.2, 0.25) is 5.02 Å². The Labute approximate surface area is 159 Å². The minimum Gasteiger partial charge on any atom is -0.417 e. The number of ether oxygens (including phenoxy) is 1. The van der Waals surface area contributed by atoms with Gasteiger partial charge < -0.3 is 15.8 Å². The van der Waals surface area contributed by atoms with Gasteiger partial charge in [-0.25, -0.2) is 14.4 Å². The first-order valence-corrected chi connectivity index (χ1v) is 8.47. The lowest BCUT2D eigenvalue weighted by Gasteiger charge is -2.04. The highest BCUT2D eigenvalue weighted by Gasteiger charge is 2.19. The molecule has 0 atom stereocenters. The summed E-state index contributed by atoms with van der Waals surface area (Å²) < 4.78 is 41.9. The van der Waals surface area contributed by atoms with Gasteiger partial charge in [0.2, 0.25) is 11.7 Å². The zero-order valence-corrected chi connectivity index (χ0v) is 14.8. The maximum absolute atomic E-state index is 13.5. The fourth-order valence-electron chi connectivity index (χ4n) is 2.05. The lowest BCUT2D eigenvalue weighted by molar-refractivity contribution is -0.0528. The summed E-state index contributed by atoms with van der Waals surface area (Å²) in [5.41, 5.74) is 6.28. The zero-order chi connectivity index (χ0) is 19.6. The van der Waals surface area contributed by atoms with E-state index in [1.165, 1.54) is 24.3 Å². The Morgan fingerprint density at radius 1 is 1.30 bits per heavy atom. The minimum atomic E-state index is -3.01. The van der Waals surface area contributed by atoms with Crippen molar-refractivity contribution in [2.75, 3.05) is 11.1 Å². The highest BCUT2D eigenvalue weighted by molar-refractivity contribution is 7.18. The highest BCUT2D eigenvalue weighted by atomic mass is 35.5. The first-order valence-electron chi connectivity index (χ1n) is 7.27. The number of carbonyl (C=O) groups is 1. The van der Waals surface area contributed by atoms with Crippen LogP contribution in [-0.4, -0.2) is 22.4 Å². The van der Waals surface area contributed by atoms with Crippen LogP contribution in [0.4, 0.5) is 29.8 Å². The number of hydrogen-bond acceptors (Lipinski definition) is 7. The van der Waals surface area contributed by atoms with Gasteiger partial charge in [-0.2, -0.15) is 8.78 Å². The maximum Gasteiger partial charge on any atom is 0.388 e. The van der Waals surface area contributed by atoms with E-state index in [0.29, 0.717) is 5.69 Å². The van der Waals surface area contributed by atoms with Crippen molar-refractivity contribution < 1.29 is 22.7 Å². The Morgan fingerprint density at radius 3 is 2.70 bits per heavy atom. The summed E-state index contributed by atoms with van der Waals surface area (Å²) in [6.07, 6.45) is 1.10. The summed E-state index contributed by atoms with van der Waals surface area (Å²) in [4.78, 5) is 20.3. The number of benzene rings is 1. The SMILES string of the molecule is Nc1nc(Nc2ccc(Cl)c(F)c2)sc1C(=O)c1ccc(OC(F)F)nc1. The standard InChI is InChI=1S/C16H10ClF3N4O2S/c17-9-3-2-8(5-10(9)18)23-16-24-14(21)13(27-16)12(25)7-1-4-11(22-6-7)26-15(19)20/h1-6,15H,21H2,(H,23,24). The number of hydrogen-bond donors (Lipinski definition) is 2. The molecule has 140 valence electrons. The Morgan fingerprint density at radius 2 is 2.07 bits per heavy atom. The van der Waals surface area contributed by atoms with Crippen LogP contribution < -0.4 is 15.8 Å². The molecule has 0 bridgehead atoms. The molecule has 0 aliphatic heterocycles. The van der Waals surface area contributed by atoms with Gasteiger partial charge in [-0.05, 0) is 24.3 Å². The number of carbonyl (C=O) groups excluding carboxylic acids is 1. The fraction of sp³-hybridized carbons (Fsp3) is 0.0625. The fourth-order valence-corrected chi connectivity index (χ4v) is 3.04. The first kappa shape index (κ1) is 18.9. The Balaban J connectivity index is 1.78. The van der Waals surface area contributed by atoms with Crippen molar-refractivity contribution in [3.05, 3.63) is 57.8 Å². The molecule has 27 heavy (non-hydrogen) atoms. The van der Waals surface area contributed by atoms with Crippen molar-refractivity contribution in [2.24, 2.45) is 0 Å². The molecule has 0 radical (unpaired) electrons. The van der Waals surface area contributed by atoms with Gasteiger partial charge in [-0.3, -0.25) is 4.79 Å². The third kappa shape index (κ3) is 4.47. The maximum atomic E-state index is 13.5. The molecule has 0 amide bonds. The molecule has 2 heterocycles. The van der Waals surface area contributed by atoms with Gasteiger partial charge in [0.25, 0.3) is 0 Å². The number of halogens is 4. The Bertz CT molecular complexity index is 982. The van der Waals surface area contributed by atoms with Gasteiger partial charge >= 0.3 is 6.61 Å². The van der Waals surface area contributed by atoms with E-state index in [2.05, 4.69) is 20.0 Å². The molecule has 11 heteroatoms. The number of nitrogens with zero attached hydrogens (tertiary/aromatic N) is 2. The molecule has 0 spiro atoms. The monoisotopic (exact) mass is 414 g/mol. The number of nitrogens with two attached hydrogens (primary N) is 1. The zero-order valence-electron chi connectivity index (χ0n) is 13.2. The number of pyridine rings is 1. The number of ketones is 1. The summed E-state index contributed by atoms with van der Waals surface area (Å²) in [6.45, 7) is -3.01. The van der Waals surface area contributed by atoms with Crippen LogP contribution >= 0.6 is 22.9 Å². The number of thiazole rings is 1. The van der Waals surface area contributed by atoms with Crippen LogP contribution in [0.15, 0.2) is 36.5 Å².